The van der Waals surface area contributed by atoms with Crippen molar-refractivity contribution >= 4 is 34.6 Å². The minimum atomic E-state index is -0.510. The predicted molar refractivity (Wildman–Crippen MR) is 128 cm³/mol. The molecule has 2 heterocycles. The van der Waals surface area contributed by atoms with E-state index in [4.69, 9.17) is 21.3 Å². The van der Waals surface area contributed by atoms with Gasteiger partial charge >= 0.3 is 0 Å². The molecular weight excluding hydrogens is 422 g/mol. The van der Waals surface area contributed by atoms with Crippen LogP contribution in [0.5, 0.6) is 5.75 Å². The summed E-state index contributed by atoms with van der Waals surface area (Å²) in [5.74, 6) is 0.301. The summed E-state index contributed by atoms with van der Waals surface area (Å²) in [6, 6.07) is 19.8. The summed E-state index contributed by atoms with van der Waals surface area (Å²) in [6.45, 7) is 1.55. The van der Waals surface area contributed by atoms with Crippen molar-refractivity contribution in [2.45, 2.75) is 18.9 Å². The van der Waals surface area contributed by atoms with Gasteiger partial charge < -0.3 is 15.0 Å². The highest BCUT2D eigenvalue weighted by atomic mass is 35.5. The molecule has 0 fully saturated rings. The molecule has 5 nitrogen and oxygen atoms in total. The second kappa shape index (κ2) is 8.41. The Kier molecular flexibility index (Phi) is 5.45. The third-order valence-corrected chi connectivity index (χ3v) is 6.02. The number of amides is 1. The van der Waals surface area contributed by atoms with Crippen molar-refractivity contribution in [3.05, 3.63) is 87.9 Å². The fourth-order valence-electron chi connectivity index (χ4n) is 4.33. The molecule has 0 radical (unpaired) electrons. The van der Waals surface area contributed by atoms with Gasteiger partial charge in [-0.05, 0) is 78.8 Å². The van der Waals surface area contributed by atoms with Crippen LogP contribution >= 0.6 is 11.6 Å². The second-order valence-corrected chi connectivity index (χ2v) is 8.91. The SMILES string of the molecule is CN(C)Cc1ccc(N=C(c2ccc3c(c2)CCO3)C2C(=O)Nc3cc(Cl)ccc32)cc1. The number of hydrogen-bond donors (Lipinski definition) is 1. The zero-order valence-electron chi connectivity index (χ0n) is 18.1. The number of aliphatic imine (C=N–C) groups is 1. The van der Waals surface area contributed by atoms with Crippen LogP contribution in [0.4, 0.5) is 11.4 Å². The lowest BCUT2D eigenvalue weighted by molar-refractivity contribution is -0.115. The number of fused-ring (bicyclic) bond motifs is 2. The molecule has 2 aliphatic heterocycles. The fraction of sp³-hybridized carbons (Fsp3) is 0.231. The smallest absolute Gasteiger partial charge is 0.238 e. The van der Waals surface area contributed by atoms with Crippen LogP contribution in [0.2, 0.25) is 5.02 Å². The molecule has 0 spiro atoms. The molecule has 0 aromatic heterocycles. The number of nitrogens with zero attached hydrogens (tertiary/aromatic N) is 2. The van der Waals surface area contributed by atoms with Gasteiger partial charge in [0.15, 0.2) is 0 Å². The third kappa shape index (κ3) is 4.01. The van der Waals surface area contributed by atoms with Crippen molar-refractivity contribution in [2.24, 2.45) is 4.99 Å². The summed E-state index contributed by atoms with van der Waals surface area (Å²) in [5.41, 5.74) is 6.45. The summed E-state index contributed by atoms with van der Waals surface area (Å²) in [6.07, 6.45) is 0.860. The van der Waals surface area contributed by atoms with E-state index in [1.54, 1.807) is 6.07 Å². The Morgan fingerprint density at radius 2 is 1.94 bits per heavy atom. The van der Waals surface area contributed by atoms with E-state index in [2.05, 4.69) is 28.4 Å². The lowest BCUT2D eigenvalue weighted by atomic mass is 9.89. The lowest BCUT2D eigenvalue weighted by Crippen LogP contribution is -2.22. The molecule has 1 N–H and O–H groups in total. The van der Waals surface area contributed by atoms with Crippen molar-refractivity contribution in [3.63, 3.8) is 0 Å². The van der Waals surface area contributed by atoms with E-state index in [1.165, 1.54) is 5.56 Å². The number of benzene rings is 3. The van der Waals surface area contributed by atoms with E-state index < -0.39 is 5.92 Å². The number of rotatable bonds is 5. The van der Waals surface area contributed by atoms with E-state index in [1.807, 2.05) is 50.5 Å². The highest BCUT2D eigenvalue weighted by molar-refractivity contribution is 6.31. The largest absolute Gasteiger partial charge is 0.493 e. The number of carbonyl (C=O) groups is 1. The normalized spacial score (nSPS) is 17.2. The third-order valence-electron chi connectivity index (χ3n) is 5.79. The molecule has 5 rings (SSSR count). The quantitative estimate of drug-likeness (QED) is 0.549. The van der Waals surface area contributed by atoms with Crippen molar-refractivity contribution in [2.75, 3.05) is 26.0 Å². The molecule has 1 atom stereocenters. The highest BCUT2D eigenvalue weighted by Crippen LogP contribution is 2.38. The van der Waals surface area contributed by atoms with Crippen molar-refractivity contribution < 1.29 is 9.53 Å². The van der Waals surface area contributed by atoms with Gasteiger partial charge in [0.25, 0.3) is 0 Å². The van der Waals surface area contributed by atoms with E-state index >= 15 is 0 Å². The van der Waals surface area contributed by atoms with E-state index in [0.717, 1.165) is 52.5 Å². The molecule has 1 amide bonds. The average molecular weight is 446 g/mol. The van der Waals surface area contributed by atoms with Gasteiger partial charge in [-0.3, -0.25) is 9.79 Å². The number of carbonyl (C=O) groups excluding carboxylic acids is 1. The Morgan fingerprint density at radius 1 is 1.12 bits per heavy atom. The van der Waals surface area contributed by atoms with Crippen LogP contribution in [0, 0.1) is 0 Å². The van der Waals surface area contributed by atoms with Crippen molar-refractivity contribution in [1.82, 2.24) is 4.90 Å². The Bertz CT molecular complexity index is 1220. The summed E-state index contributed by atoms with van der Waals surface area (Å²) in [4.78, 5) is 20.2. The van der Waals surface area contributed by atoms with Gasteiger partial charge in [0.1, 0.15) is 11.7 Å². The number of halogens is 1. The number of hydrogen-bond acceptors (Lipinski definition) is 4. The van der Waals surface area contributed by atoms with E-state index in [0.29, 0.717) is 11.6 Å². The number of ether oxygens (including phenoxy) is 1. The first-order chi connectivity index (χ1) is 15.5. The first-order valence-electron chi connectivity index (χ1n) is 10.7. The van der Waals surface area contributed by atoms with Gasteiger partial charge in [-0.1, -0.05) is 29.8 Å². The van der Waals surface area contributed by atoms with Crippen LogP contribution in [-0.4, -0.2) is 37.2 Å². The minimum Gasteiger partial charge on any atom is -0.493 e. The zero-order valence-corrected chi connectivity index (χ0v) is 18.8. The Labute approximate surface area is 192 Å². The predicted octanol–water partition coefficient (Wildman–Crippen LogP) is 5.19. The van der Waals surface area contributed by atoms with Crippen LogP contribution in [-0.2, 0) is 17.8 Å². The molecule has 0 saturated heterocycles. The molecule has 162 valence electrons. The van der Waals surface area contributed by atoms with Gasteiger partial charge in [0.2, 0.25) is 5.91 Å². The molecule has 0 aliphatic carbocycles. The molecule has 0 saturated carbocycles. The van der Waals surface area contributed by atoms with Crippen molar-refractivity contribution in [3.8, 4) is 5.75 Å². The number of anilines is 1. The first kappa shape index (κ1) is 20.7. The highest BCUT2D eigenvalue weighted by Gasteiger charge is 2.36. The molecule has 2 aliphatic rings. The molecule has 32 heavy (non-hydrogen) atoms. The monoisotopic (exact) mass is 445 g/mol. The van der Waals surface area contributed by atoms with Gasteiger partial charge in [-0.25, -0.2) is 0 Å². The molecule has 1 unspecified atom stereocenters. The fourth-order valence-corrected chi connectivity index (χ4v) is 4.50. The van der Waals surface area contributed by atoms with Gasteiger partial charge in [-0.2, -0.15) is 0 Å². The minimum absolute atomic E-state index is 0.0954. The standard InChI is InChI=1S/C26H24ClN3O2/c1-30(2)15-16-3-7-20(8-4-16)28-25(18-5-10-23-17(13-18)11-12-32-23)24-21-9-6-19(27)14-22(21)29-26(24)31/h3-10,13-14,24H,11-12,15H2,1-2H3,(H,29,31). The van der Waals surface area contributed by atoms with Gasteiger partial charge in [-0.15, -0.1) is 0 Å². The maximum absolute atomic E-state index is 13.1. The van der Waals surface area contributed by atoms with Gasteiger partial charge in [0.05, 0.1) is 18.0 Å². The summed E-state index contributed by atoms with van der Waals surface area (Å²) in [5, 5.41) is 3.56. The zero-order chi connectivity index (χ0) is 22.2. The molecule has 3 aromatic rings. The maximum Gasteiger partial charge on any atom is 0.238 e. The second-order valence-electron chi connectivity index (χ2n) is 8.48. The Hall–Kier alpha value is -3.15. The molecule has 0 bridgehead atoms. The average Bonchev–Trinajstić information content (AvgIpc) is 3.35. The van der Waals surface area contributed by atoms with Crippen LogP contribution in [0.25, 0.3) is 0 Å². The Morgan fingerprint density at radius 3 is 2.72 bits per heavy atom. The molecular formula is C26H24ClN3O2. The van der Waals surface area contributed by atoms with E-state index in [-0.39, 0.29) is 5.91 Å². The topological polar surface area (TPSA) is 53.9 Å². The first-order valence-corrected chi connectivity index (χ1v) is 11.0. The lowest BCUT2D eigenvalue weighted by Gasteiger charge is -2.15. The summed E-state index contributed by atoms with van der Waals surface area (Å²) >= 11 is 6.16. The van der Waals surface area contributed by atoms with Gasteiger partial charge in [0, 0.05) is 23.7 Å². The maximum atomic E-state index is 13.1. The van der Waals surface area contributed by atoms with Crippen LogP contribution < -0.4 is 10.1 Å². The van der Waals surface area contributed by atoms with Crippen LogP contribution in [0.3, 0.4) is 0 Å². The Balaban J connectivity index is 1.60. The summed E-state index contributed by atoms with van der Waals surface area (Å²) < 4.78 is 5.67. The summed E-state index contributed by atoms with van der Waals surface area (Å²) in [7, 11) is 4.09. The molecule has 6 heteroatoms. The van der Waals surface area contributed by atoms with Crippen LogP contribution in [0.15, 0.2) is 65.7 Å². The van der Waals surface area contributed by atoms with Crippen molar-refractivity contribution in [1.29, 1.82) is 0 Å². The van der Waals surface area contributed by atoms with Crippen LogP contribution in [0.1, 0.15) is 28.2 Å². The molecule has 3 aromatic carbocycles. The number of nitrogens with one attached hydrogen (secondary N) is 1. The van der Waals surface area contributed by atoms with E-state index in [9.17, 15) is 4.79 Å².